The molecule has 1 aromatic carbocycles. The smallest absolute Gasteiger partial charge is 0.315 e. The molecule has 0 unspecified atom stereocenters. The number of rotatable bonds is 6. The van der Waals surface area contributed by atoms with Gasteiger partial charge >= 0.3 is 6.03 Å². The first-order chi connectivity index (χ1) is 12.1. The molecule has 2 amide bonds. The second kappa shape index (κ2) is 7.65. The van der Waals surface area contributed by atoms with Gasteiger partial charge in [0.15, 0.2) is 0 Å². The molecule has 0 radical (unpaired) electrons. The van der Waals surface area contributed by atoms with Gasteiger partial charge < -0.3 is 15.2 Å². The molecule has 25 heavy (non-hydrogen) atoms. The third-order valence-electron chi connectivity index (χ3n) is 3.93. The van der Waals surface area contributed by atoms with Crippen molar-refractivity contribution in [2.24, 2.45) is 0 Å². The number of benzene rings is 1. The maximum absolute atomic E-state index is 12.2. The van der Waals surface area contributed by atoms with E-state index in [4.69, 9.17) is 0 Å². The minimum absolute atomic E-state index is 0.00333. The molecule has 0 fully saturated rings. The van der Waals surface area contributed by atoms with Gasteiger partial charge in [0, 0.05) is 37.4 Å². The minimum atomic E-state index is -0.184. The van der Waals surface area contributed by atoms with Gasteiger partial charge in [0.2, 0.25) is 0 Å². The predicted molar refractivity (Wildman–Crippen MR) is 95.3 cm³/mol. The Bertz CT molecular complexity index is 780. The van der Waals surface area contributed by atoms with Crippen LogP contribution in [-0.4, -0.2) is 31.4 Å². The van der Waals surface area contributed by atoms with Crippen LogP contribution in [0.25, 0.3) is 5.69 Å². The largest absolute Gasteiger partial charge is 0.335 e. The van der Waals surface area contributed by atoms with Gasteiger partial charge in [-0.05, 0) is 37.6 Å². The van der Waals surface area contributed by atoms with Crippen molar-refractivity contribution in [3.8, 4) is 5.69 Å². The van der Waals surface area contributed by atoms with E-state index in [2.05, 4.69) is 20.7 Å². The first-order valence-corrected chi connectivity index (χ1v) is 8.24. The first-order valence-electron chi connectivity index (χ1n) is 8.24. The molecular weight excluding hydrogens is 316 g/mol. The quantitative estimate of drug-likeness (QED) is 0.725. The van der Waals surface area contributed by atoms with E-state index in [1.54, 1.807) is 23.4 Å². The summed E-state index contributed by atoms with van der Waals surface area (Å²) >= 11 is 0. The summed E-state index contributed by atoms with van der Waals surface area (Å²) in [6, 6.07) is 9.58. The average Bonchev–Trinajstić information content (AvgIpc) is 3.28. The van der Waals surface area contributed by atoms with E-state index >= 15 is 0 Å². The van der Waals surface area contributed by atoms with E-state index in [1.165, 1.54) is 0 Å². The number of carbonyl (C=O) groups excluding carboxylic acids is 1. The fourth-order valence-electron chi connectivity index (χ4n) is 2.64. The molecule has 3 rings (SSSR count). The van der Waals surface area contributed by atoms with Crippen LogP contribution in [0.4, 0.5) is 4.79 Å². The second-order valence-electron chi connectivity index (χ2n) is 6.04. The van der Waals surface area contributed by atoms with E-state index < -0.39 is 0 Å². The Morgan fingerprint density at radius 2 is 1.92 bits per heavy atom. The van der Waals surface area contributed by atoms with Crippen LogP contribution in [0.5, 0.6) is 0 Å². The Hall–Kier alpha value is -3.09. The Labute approximate surface area is 146 Å². The molecule has 2 heterocycles. The molecule has 2 aromatic heterocycles. The van der Waals surface area contributed by atoms with Crippen LogP contribution in [0.15, 0.2) is 61.4 Å². The number of nitrogens with zero attached hydrogens (tertiary/aromatic N) is 4. The second-order valence-corrected chi connectivity index (χ2v) is 6.04. The lowest BCUT2D eigenvalue weighted by Gasteiger charge is -2.19. The summed E-state index contributed by atoms with van der Waals surface area (Å²) in [5.74, 6) is 0. The number of carbonyl (C=O) groups is 1. The summed E-state index contributed by atoms with van der Waals surface area (Å²) in [6.07, 6.45) is 8.97. The number of amides is 2. The molecule has 0 aliphatic carbocycles. The standard InChI is InChI=1S/C18H22N6O/c1-14(12-23-11-9-19-13-23)21-18(25)22-15(2)16-4-6-17(7-5-16)24-10-3-8-20-24/h3-11,13-15H,12H2,1-2H3,(H2,21,22,25)/t14-,15+/m0/s1. The predicted octanol–water partition coefficient (Wildman–Crippen LogP) is 2.52. The molecule has 0 saturated carbocycles. The molecule has 7 nitrogen and oxygen atoms in total. The molecule has 0 aliphatic rings. The fraction of sp³-hybridized carbons (Fsp3) is 0.278. The van der Waals surface area contributed by atoms with Crippen molar-refractivity contribution in [3.63, 3.8) is 0 Å². The number of nitrogens with one attached hydrogen (secondary N) is 2. The lowest BCUT2D eigenvalue weighted by molar-refractivity contribution is 0.233. The van der Waals surface area contributed by atoms with Crippen molar-refractivity contribution in [1.29, 1.82) is 0 Å². The number of imidazole rings is 1. The normalized spacial score (nSPS) is 13.2. The first kappa shape index (κ1) is 16.8. The maximum Gasteiger partial charge on any atom is 0.315 e. The third kappa shape index (κ3) is 4.47. The zero-order valence-corrected chi connectivity index (χ0v) is 14.3. The van der Waals surface area contributed by atoms with Crippen LogP contribution in [-0.2, 0) is 6.54 Å². The number of urea groups is 1. The molecular formula is C18H22N6O. The Morgan fingerprint density at radius 3 is 2.56 bits per heavy atom. The number of aromatic nitrogens is 4. The average molecular weight is 338 g/mol. The van der Waals surface area contributed by atoms with E-state index in [0.29, 0.717) is 6.54 Å². The van der Waals surface area contributed by atoms with Crippen molar-refractivity contribution in [2.75, 3.05) is 0 Å². The van der Waals surface area contributed by atoms with Gasteiger partial charge in [0.05, 0.1) is 18.1 Å². The van der Waals surface area contributed by atoms with Crippen LogP contribution in [0, 0.1) is 0 Å². The van der Waals surface area contributed by atoms with Crippen LogP contribution >= 0.6 is 0 Å². The Morgan fingerprint density at radius 1 is 1.12 bits per heavy atom. The van der Waals surface area contributed by atoms with Crippen LogP contribution < -0.4 is 10.6 Å². The van der Waals surface area contributed by atoms with Crippen LogP contribution in [0.1, 0.15) is 25.5 Å². The lowest BCUT2D eigenvalue weighted by Crippen LogP contribution is -2.43. The van der Waals surface area contributed by atoms with Gasteiger partial charge in [-0.15, -0.1) is 0 Å². The summed E-state index contributed by atoms with van der Waals surface area (Å²) in [7, 11) is 0. The van der Waals surface area contributed by atoms with Crippen molar-refractivity contribution >= 4 is 6.03 Å². The van der Waals surface area contributed by atoms with Crippen molar-refractivity contribution in [1.82, 2.24) is 30.0 Å². The Kier molecular flexibility index (Phi) is 5.13. The topological polar surface area (TPSA) is 76.8 Å². The lowest BCUT2D eigenvalue weighted by atomic mass is 10.1. The molecule has 2 atom stereocenters. The van der Waals surface area contributed by atoms with Gasteiger partial charge in [-0.3, -0.25) is 0 Å². The van der Waals surface area contributed by atoms with Crippen LogP contribution in [0.2, 0.25) is 0 Å². The highest BCUT2D eigenvalue weighted by Crippen LogP contribution is 2.15. The molecule has 130 valence electrons. The highest BCUT2D eigenvalue weighted by atomic mass is 16.2. The summed E-state index contributed by atoms with van der Waals surface area (Å²) in [5.41, 5.74) is 2.02. The monoisotopic (exact) mass is 338 g/mol. The number of hydrogen-bond acceptors (Lipinski definition) is 3. The van der Waals surface area contributed by atoms with Crippen molar-refractivity contribution in [2.45, 2.75) is 32.5 Å². The van der Waals surface area contributed by atoms with E-state index in [0.717, 1.165) is 11.3 Å². The summed E-state index contributed by atoms with van der Waals surface area (Å²) in [4.78, 5) is 16.2. The summed E-state index contributed by atoms with van der Waals surface area (Å²) < 4.78 is 3.73. The Balaban J connectivity index is 1.52. The molecule has 0 bridgehead atoms. The van der Waals surface area contributed by atoms with Crippen molar-refractivity contribution < 1.29 is 4.79 Å². The molecule has 0 saturated heterocycles. The van der Waals surface area contributed by atoms with E-state index in [9.17, 15) is 4.79 Å². The van der Waals surface area contributed by atoms with E-state index in [1.807, 2.05) is 61.1 Å². The molecule has 0 spiro atoms. The van der Waals surface area contributed by atoms with Crippen LogP contribution in [0.3, 0.4) is 0 Å². The van der Waals surface area contributed by atoms with Gasteiger partial charge in [-0.25, -0.2) is 14.5 Å². The molecule has 3 aromatic rings. The zero-order valence-electron chi connectivity index (χ0n) is 14.3. The zero-order chi connectivity index (χ0) is 17.6. The molecule has 0 aliphatic heterocycles. The highest BCUT2D eigenvalue weighted by Gasteiger charge is 2.12. The summed E-state index contributed by atoms with van der Waals surface area (Å²) in [5, 5.41) is 10.1. The van der Waals surface area contributed by atoms with Gasteiger partial charge in [-0.2, -0.15) is 5.10 Å². The van der Waals surface area contributed by atoms with E-state index in [-0.39, 0.29) is 18.1 Å². The van der Waals surface area contributed by atoms with Gasteiger partial charge in [-0.1, -0.05) is 12.1 Å². The van der Waals surface area contributed by atoms with Gasteiger partial charge in [0.1, 0.15) is 0 Å². The fourth-order valence-corrected chi connectivity index (χ4v) is 2.64. The maximum atomic E-state index is 12.2. The minimum Gasteiger partial charge on any atom is -0.335 e. The number of hydrogen-bond donors (Lipinski definition) is 2. The highest BCUT2D eigenvalue weighted by molar-refractivity contribution is 5.74. The van der Waals surface area contributed by atoms with Gasteiger partial charge in [0.25, 0.3) is 0 Å². The third-order valence-corrected chi connectivity index (χ3v) is 3.93. The summed E-state index contributed by atoms with van der Waals surface area (Å²) in [6.45, 7) is 4.60. The SMILES string of the molecule is C[C@@H](Cn1ccnc1)NC(=O)N[C@H](C)c1ccc(-n2cccn2)cc1. The van der Waals surface area contributed by atoms with Crippen molar-refractivity contribution in [3.05, 3.63) is 67.0 Å². The molecule has 2 N–H and O–H groups in total. The molecule has 7 heteroatoms.